The van der Waals surface area contributed by atoms with Crippen LogP contribution in [0.1, 0.15) is 18.4 Å². The first-order chi connectivity index (χ1) is 14.6. The standard InChI is InChI=1S/C24H26N4O2/c1-17-6-8-18(9-7-17)22-15-23(26-16-25-22)28-12-10-19(11-13-28)24(29)27-20-4-3-5-21(14-20)30-2/h3-9,14-16,19H,10-13H2,1-2H3,(H,27,29). The highest BCUT2D eigenvalue weighted by Gasteiger charge is 2.26. The Bertz CT molecular complexity index is 1010. The molecule has 6 heteroatoms. The molecule has 4 rings (SSSR count). The number of nitrogens with zero attached hydrogens (tertiary/aromatic N) is 3. The largest absolute Gasteiger partial charge is 0.497 e. The molecule has 0 saturated carbocycles. The van der Waals surface area contributed by atoms with Crippen LogP contribution >= 0.6 is 0 Å². The summed E-state index contributed by atoms with van der Waals surface area (Å²) in [5.41, 5.74) is 3.98. The average molecular weight is 402 g/mol. The molecule has 1 N–H and O–H groups in total. The van der Waals surface area contributed by atoms with Crippen LogP contribution in [0.15, 0.2) is 60.9 Å². The molecule has 2 heterocycles. The fourth-order valence-electron chi connectivity index (χ4n) is 3.72. The summed E-state index contributed by atoms with van der Waals surface area (Å²) < 4.78 is 5.22. The van der Waals surface area contributed by atoms with Gasteiger partial charge in [-0.05, 0) is 31.9 Å². The number of aryl methyl sites for hydroxylation is 1. The van der Waals surface area contributed by atoms with Gasteiger partial charge >= 0.3 is 0 Å². The molecule has 2 aromatic carbocycles. The van der Waals surface area contributed by atoms with Gasteiger partial charge in [-0.15, -0.1) is 0 Å². The number of rotatable bonds is 5. The first-order valence-electron chi connectivity index (χ1n) is 10.2. The number of anilines is 2. The number of carbonyl (C=O) groups is 1. The summed E-state index contributed by atoms with van der Waals surface area (Å²) in [6, 6.07) is 17.8. The van der Waals surface area contributed by atoms with Crippen LogP contribution in [-0.2, 0) is 4.79 Å². The Labute approximate surface area is 176 Å². The molecule has 3 aromatic rings. The van der Waals surface area contributed by atoms with E-state index in [9.17, 15) is 4.79 Å². The molecular formula is C24H26N4O2. The van der Waals surface area contributed by atoms with E-state index in [2.05, 4.69) is 51.4 Å². The van der Waals surface area contributed by atoms with Gasteiger partial charge in [-0.25, -0.2) is 9.97 Å². The van der Waals surface area contributed by atoms with E-state index in [1.807, 2.05) is 30.3 Å². The van der Waals surface area contributed by atoms with Crippen molar-refractivity contribution in [3.05, 3.63) is 66.5 Å². The molecule has 0 atom stereocenters. The number of carbonyl (C=O) groups excluding carboxylic acids is 1. The van der Waals surface area contributed by atoms with E-state index in [0.29, 0.717) is 0 Å². The number of ether oxygens (including phenoxy) is 1. The maximum Gasteiger partial charge on any atom is 0.227 e. The van der Waals surface area contributed by atoms with Gasteiger partial charge in [0.1, 0.15) is 17.9 Å². The molecule has 30 heavy (non-hydrogen) atoms. The molecule has 0 unspecified atom stereocenters. The Morgan fingerprint density at radius 2 is 1.83 bits per heavy atom. The van der Waals surface area contributed by atoms with Gasteiger partial charge < -0.3 is 15.0 Å². The number of nitrogens with one attached hydrogen (secondary N) is 1. The molecule has 1 saturated heterocycles. The molecule has 0 spiro atoms. The highest BCUT2D eigenvalue weighted by Crippen LogP contribution is 2.26. The molecule has 154 valence electrons. The summed E-state index contributed by atoms with van der Waals surface area (Å²) in [4.78, 5) is 23.8. The van der Waals surface area contributed by atoms with Crippen LogP contribution in [0.3, 0.4) is 0 Å². The second kappa shape index (κ2) is 8.95. The first kappa shape index (κ1) is 19.9. The van der Waals surface area contributed by atoms with E-state index in [1.54, 1.807) is 13.4 Å². The molecule has 1 amide bonds. The Kier molecular flexibility index (Phi) is 5.93. The van der Waals surface area contributed by atoms with Gasteiger partial charge in [-0.2, -0.15) is 0 Å². The third-order valence-corrected chi connectivity index (χ3v) is 5.53. The third kappa shape index (κ3) is 4.59. The summed E-state index contributed by atoms with van der Waals surface area (Å²) in [6.45, 7) is 3.66. The van der Waals surface area contributed by atoms with Gasteiger partial charge in [0.25, 0.3) is 0 Å². The van der Waals surface area contributed by atoms with Gasteiger partial charge in [0, 0.05) is 42.4 Å². The van der Waals surface area contributed by atoms with E-state index in [4.69, 9.17) is 4.74 Å². The highest BCUT2D eigenvalue weighted by molar-refractivity contribution is 5.92. The SMILES string of the molecule is COc1cccc(NC(=O)C2CCN(c3cc(-c4ccc(C)cc4)ncn3)CC2)c1. The predicted molar refractivity (Wildman–Crippen MR) is 119 cm³/mol. The van der Waals surface area contributed by atoms with Crippen LogP contribution in [0.25, 0.3) is 11.3 Å². The minimum atomic E-state index is -0.00847. The van der Waals surface area contributed by atoms with Crippen LogP contribution in [0.5, 0.6) is 5.75 Å². The average Bonchev–Trinajstić information content (AvgIpc) is 2.80. The predicted octanol–water partition coefficient (Wildman–Crippen LogP) is 4.32. The molecular weight excluding hydrogens is 376 g/mol. The zero-order valence-electron chi connectivity index (χ0n) is 17.3. The van der Waals surface area contributed by atoms with Crippen LogP contribution in [0.2, 0.25) is 0 Å². The van der Waals surface area contributed by atoms with E-state index >= 15 is 0 Å². The number of hydrogen-bond acceptors (Lipinski definition) is 5. The Balaban J connectivity index is 1.38. The normalized spacial score (nSPS) is 14.4. The number of hydrogen-bond donors (Lipinski definition) is 1. The van der Waals surface area contributed by atoms with Gasteiger partial charge in [0.2, 0.25) is 5.91 Å². The maximum absolute atomic E-state index is 12.7. The van der Waals surface area contributed by atoms with Gasteiger partial charge in [-0.1, -0.05) is 35.9 Å². The summed E-state index contributed by atoms with van der Waals surface area (Å²) >= 11 is 0. The van der Waals surface area contributed by atoms with Gasteiger partial charge in [-0.3, -0.25) is 4.79 Å². The van der Waals surface area contributed by atoms with E-state index in [-0.39, 0.29) is 11.8 Å². The van der Waals surface area contributed by atoms with Crippen molar-refractivity contribution in [2.24, 2.45) is 5.92 Å². The quantitative estimate of drug-likeness (QED) is 0.689. The molecule has 1 aliphatic rings. The van der Waals surface area contributed by atoms with Crippen molar-refractivity contribution in [1.82, 2.24) is 9.97 Å². The number of piperidine rings is 1. The van der Waals surface area contributed by atoms with E-state index in [1.165, 1.54) is 5.56 Å². The van der Waals surface area contributed by atoms with Crippen LogP contribution in [0.4, 0.5) is 11.5 Å². The Morgan fingerprint density at radius 1 is 1.07 bits per heavy atom. The highest BCUT2D eigenvalue weighted by atomic mass is 16.5. The van der Waals surface area contributed by atoms with Crippen molar-refractivity contribution in [2.45, 2.75) is 19.8 Å². The molecule has 0 aliphatic carbocycles. The van der Waals surface area contributed by atoms with Crippen molar-refractivity contribution >= 4 is 17.4 Å². The van der Waals surface area contributed by atoms with E-state index in [0.717, 1.165) is 54.4 Å². The third-order valence-electron chi connectivity index (χ3n) is 5.53. The number of aromatic nitrogens is 2. The maximum atomic E-state index is 12.7. The number of methoxy groups -OCH3 is 1. The lowest BCUT2D eigenvalue weighted by molar-refractivity contribution is -0.120. The zero-order chi connectivity index (χ0) is 20.9. The molecule has 0 radical (unpaired) electrons. The van der Waals surface area contributed by atoms with Crippen molar-refractivity contribution < 1.29 is 9.53 Å². The van der Waals surface area contributed by atoms with Crippen LogP contribution < -0.4 is 15.0 Å². The Hall–Kier alpha value is -3.41. The fraction of sp³-hybridized carbons (Fsp3) is 0.292. The first-order valence-corrected chi connectivity index (χ1v) is 10.2. The minimum Gasteiger partial charge on any atom is -0.497 e. The zero-order valence-corrected chi connectivity index (χ0v) is 17.3. The summed E-state index contributed by atoms with van der Waals surface area (Å²) in [6.07, 6.45) is 3.20. The van der Waals surface area contributed by atoms with Gasteiger partial charge in [0.15, 0.2) is 0 Å². The molecule has 6 nitrogen and oxygen atoms in total. The lowest BCUT2D eigenvalue weighted by atomic mass is 9.95. The second-order valence-corrected chi connectivity index (χ2v) is 7.61. The van der Waals surface area contributed by atoms with Crippen molar-refractivity contribution in [2.75, 3.05) is 30.4 Å². The number of amides is 1. The smallest absolute Gasteiger partial charge is 0.227 e. The minimum absolute atomic E-state index is 0.00847. The van der Waals surface area contributed by atoms with E-state index < -0.39 is 0 Å². The topological polar surface area (TPSA) is 67.3 Å². The van der Waals surface area contributed by atoms with Gasteiger partial charge in [0.05, 0.1) is 12.8 Å². The van der Waals surface area contributed by atoms with Crippen LogP contribution in [-0.4, -0.2) is 36.1 Å². The summed E-state index contributed by atoms with van der Waals surface area (Å²) in [5, 5.41) is 3.01. The molecule has 1 fully saturated rings. The molecule has 1 aromatic heterocycles. The Morgan fingerprint density at radius 3 is 2.57 bits per heavy atom. The van der Waals surface area contributed by atoms with Crippen molar-refractivity contribution in [3.63, 3.8) is 0 Å². The monoisotopic (exact) mass is 402 g/mol. The lowest BCUT2D eigenvalue weighted by Crippen LogP contribution is -2.38. The second-order valence-electron chi connectivity index (χ2n) is 7.61. The molecule has 0 bridgehead atoms. The van der Waals surface area contributed by atoms with Crippen LogP contribution in [0, 0.1) is 12.8 Å². The molecule has 1 aliphatic heterocycles. The lowest BCUT2D eigenvalue weighted by Gasteiger charge is -2.32. The van der Waals surface area contributed by atoms with Crippen molar-refractivity contribution in [1.29, 1.82) is 0 Å². The summed E-state index contributed by atoms with van der Waals surface area (Å²) in [5.74, 6) is 1.69. The number of benzene rings is 2. The fourth-order valence-corrected chi connectivity index (χ4v) is 3.72. The summed E-state index contributed by atoms with van der Waals surface area (Å²) in [7, 11) is 1.62. The van der Waals surface area contributed by atoms with Crippen molar-refractivity contribution in [3.8, 4) is 17.0 Å².